The van der Waals surface area contributed by atoms with Crippen molar-refractivity contribution in [3.8, 4) is 0 Å². The second-order valence-corrected chi connectivity index (χ2v) is 4.79. The van der Waals surface area contributed by atoms with Crippen molar-refractivity contribution < 1.29 is 9.53 Å². The molecule has 1 saturated carbocycles. The van der Waals surface area contributed by atoms with Crippen LogP contribution in [-0.4, -0.2) is 24.6 Å². The Hall–Kier alpha value is -1.42. The minimum Gasteiger partial charge on any atom is -0.465 e. The van der Waals surface area contributed by atoms with E-state index in [1.54, 1.807) is 12.3 Å². The lowest BCUT2D eigenvalue weighted by atomic mass is 10.2. The molecule has 1 N–H and O–H groups in total. The number of carbonyl (C=O) groups is 1. The maximum atomic E-state index is 11.2. The highest BCUT2D eigenvalue weighted by atomic mass is 16.5. The largest absolute Gasteiger partial charge is 0.465 e. The van der Waals surface area contributed by atoms with Crippen molar-refractivity contribution in [2.45, 2.75) is 32.2 Å². The molecule has 0 aromatic carbocycles. The van der Waals surface area contributed by atoms with Crippen LogP contribution in [0.15, 0.2) is 18.3 Å². The molecular weight excluding hydrogens is 228 g/mol. The zero-order chi connectivity index (χ0) is 12.8. The van der Waals surface area contributed by atoms with E-state index in [1.807, 2.05) is 6.07 Å². The number of rotatable bonds is 7. The number of pyridine rings is 1. The van der Waals surface area contributed by atoms with Crippen LogP contribution in [0.2, 0.25) is 0 Å². The normalized spacial score (nSPS) is 14.5. The molecule has 18 heavy (non-hydrogen) atoms. The van der Waals surface area contributed by atoms with Gasteiger partial charge in [0, 0.05) is 12.7 Å². The van der Waals surface area contributed by atoms with Gasteiger partial charge in [-0.15, -0.1) is 0 Å². The van der Waals surface area contributed by atoms with Gasteiger partial charge >= 0.3 is 5.97 Å². The molecule has 0 aliphatic heterocycles. The van der Waals surface area contributed by atoms with E-state index in [9.17, 15) is 4.79 Å². The van der Waals surface area contributed by atoms with E-state index in [0.29, 0.717) is 5.56 Å². The summed E-state index contributed by atoms with van der Waals surface area (Å²) in [5, 5.41) is 3.37. The first kappa shape index (κ1) is 13.0. The smallest absolute Gasteiger partial charge is 0.339 e. The van der Waals surface area contributed by atoms with Crippen LogP contribution in [0.25, 0.3) is 0 Å². The van der Waals surface area contributed by atoms with Gasteiger partial charge in [0.15, 0.2) is 0 Å². The maximum absolute atomic E-state index is 11.2. The molecule has 1 fully saturated rings. The predicted molar refractivity (Wildman–Crippen MR) is 69.2 cm³/mol. The molecule has 0 radical (unpaired) electrons. The number of carbonyl (C=O) groups excluding carboxylic acids is 1. The Morgan fingerprint density at radius 3 is 2.94 bits per heavy atom. The molecule has 1 aliphatic rings. The average molecular weight is 248 g/mol. The van der Waals surface area contributed by atoms with Crippen molar-refractivity contribution in [2.24, 2.45) is 5.92 Å². The average Bonchev–Trinajstić information content (AvgIpc) is 3.22. The van der Waals surface area contributed by atoms with Crippen molar-refractivity contribution in [3.05, 3.63) is 29.6 Å². The topological polar surface area (TPSA) is 51.2 Å². The predicted octanol–water partition coefficient (Wildman–Crippen LogP) is 2.15. The number of hydrogen-bond acceptors (Lipinski definition) is 4. The number of ether oxygens (including phenoxy) is 1. The van der Waals surface area contributed by atoms with Gasteiger partial charge < -0.3 is 10.1 Å². The Morgan fingerprint density at radius 1 is 1.50 bits per heavy atom. The Bertz CT molecular complexity index is 385. The third-order valence-electron chi connectivity index (χ3n) is 3.21. The molecule has 0 saturated heterocycles. The summed E-state index contributed by atoms with van der Waals surface area (Å²) < 4.78 is 4.62. The molecule has 0 unspecified atom stereocenters. The molecule has 1 aromatic rings. The first-order valence-electron chi connectivity index (χ1n) is 6.53. The molecule has 1 aliphatic carbocycles. The van der Waals surface area contributed by atoms with E-state index in [0.717, 1.165) is 24.7 Å². The van der Waals surface area contributed by atoms with Gasteiger partial charge in [0.2, 0.25) is 0 Å². The van der Waals surface area contributed by atoms with Gasteiger partial charge in [0.05, 0.1) is 18.4 Å². The summed E-state index contributed by atoms with van der Waals surface area (Å²) in [4.78, 5) is 15.4. The monoisotopic (exact) mass is 248 g/mol. The fourth-order valence-corrected chi connectivity index (χ4v) is 1.91. The van der Waals surface area contributed by atoms with Crippen molar-refractivity contribution >= 4 is 5.97 Å². The Balaban J connectivity index is 1.67. The lowest BCUT2D eigenvalue weighted by Gasteiger charge is -2.04. The minimum absolute atomic E-state index is 0.341. The van der Waals surface area contributed by atoms with E-state index in [1.165, 1.54) is 32.8 Å². The van der Waals surface area contributed by atoms with Crippen molar-refractivity contribution in [1.82, 2.24) is 10.3 Å². The summed E-state index contributed by atoms with van der Waals surface area (Å²) in [7, 11) is 1.37. The Labute approximate surface area is 108 Å². The van der Waals surface area contributed by atoms with Crippen LogP contribution in [0.1, 0.15) is 41.7 Å². The van der Waals surface area contributed by atoms with Crippen LogP contribution in [0.4, 0.5) is 0 Å². The van der Waals surface area contributed by atoms with Crippen molar-refractivity contribution in [2.75, 3.05) is 13.7 Å². The van der Waals surface area contributed by atoms with Crippen LogP contribution in [0.3, 0.4) is 0 Å². The van der Waals surface area contributed by atoms with Crippen LogP contribution in [-0.2, 0) is 11.3 Å². The summed E-state index contributed by atoms with van der Waals surface area (Å²) in [6.45, 7) is 1.79. The van der Waals surface area contributed by atoms with Gasteiger partial charge in [-0.2, -0.15) is 0 Å². The highest BCUT2D eigenvalue weighted by molar-refractivity contribution is 5.88. The van der Waals surface area contributed by atoms with Gasteiger partial charge in [-0.05, 0) is 37.4 Å². The van der Waals surface area contributed by atoms with E-state index in [4.69, 9.17) is 0 Å². The number of esters is 1. The molecule has 0 spiro atoms. The SMILES string of the molecule is COC(=O)c1ccc(CNCCCC2CC2)nc1. The van der Waals surface area contributed by atoms with Gasteiger partial charge in [-0.25, -0.2) is 4.79 Å². The van der Waals surface area contributed by atoms with Crippen LogP contribution < -0.4 is 5.32 Å². The third kappa shape index (κ3) is 4.11. The number of nitrogens with one attached hydrogen (secondary N) is 1. The molecule has 98 valence electrons. The van der Waals surface area contributed by atoms with Gasteiger partial charge in [-0.1, -0.05) is 12.8 Å². The minimum atomic E-state index is -0.341. The fourth-order valence-electron chi connectivity index (χ4n) is 1.91. The molecule has 0 amide bonds. The van der Waals surface area contributed by atoms with E-state index >= 15 is 0 Å². The summed E-state index contributed by atoms with van der Waals surface area (Å²) in [5.41, 5.74) is 1.45. The van der Waals surface area contributed by atoms with Gasteiger partial charge in [-0.3, -0.25) is 4.98 Å². The van der Waals surface area contributed by atoms with E-state index in [2.05, 4.69) is 15.0 Å². The number of aromatic nitrogens is 1. The second-order valence-electron chi connectivity index (χ2n) is 4.79. The quantitative estimate of drug-likeness (QED) is 0.593. The van der Waals surface area contributed by atoms with Crippen molar-refractivity contribution in [1.29, 1.82) is 0 Å². The van der Waals surface area contributed by atoms with E-state index in [-0.39, 0.29) is 5.97 Å². The van der Waals surface area contributed by atoms with Gasteiger partial charge in [0.25, 0.3) is 0 Å². The highest BCUT2D eigenvalue weighted by Gasteiger charge is 2.19. The number of nitrogens with zero attached hydrogens (tertiary/aromatic N) is 1. The first-order chi connectivity index (χ1) is 8.79. The molecular formula is C14H20N2O2. The molecule has 4 heteroatoms. The lowest BCUT2D eigenvalue weighted by molar-refractivity contribution is 0.0600. The summed E-state index contributed by atoms with van der Waals surface area (Å²) in [6.07, 6.45) is 7.01. The fraction of sp³-hybridized carbons (Fsp3) is 0.571. The van der Waals surface area contributed by atoms with Crippen LogP contribution >= 0.6 is 0 Å². The van der Waals surface area contributed by atoms with Gasteiger partial charge in [0.1, 0.15) is 0 Å². The maximum Gasteiger partial charge on any atom is 0.339 e. The molecule has 2 rings (SSSR count). The third-order valence-corrected chi connectivity index (χ3v) is 3.21. The molecule has 0 atom stereocenters. The summed E-state index contributed by atoms with van der Waals surface area (Å²) >= 11 is 0. The number of hydrogen-bond donors (Lipinski definition) is 1. The first-order valence-corrected chi connectivity index (χ1v) is 6.53. The Morgan fingerprint density at radius 2 is 2.33 bits per heavy atom. The van der Waals surface area contributed by atoms with Crippen LogP contribution in [0.5, 0.6) is 0 Å². The molecule has 0 bridgehead atoms. The molecule has 1 aromatic heterocycles. The highest BCUT2D eigenvalue weighted by Crippen LogP contribution is 2.33. The zero-order valence-electron chi connectivity index (χ0n) is 10.8. The van der Waals surface area contributed by atoms with Crippen molar-refractivity contribution in [3.63, 3.8) is 0 Å². The summed E-state index contributed by atoms with van der Waals surface area (Å²) in [5.74, 6) is 0.663. The lowest BCUT2D eigenvalue weighted by Crippen LogP contribution is -2.16. The summed E-state index contributed by atoms with van der Waals surface area (Å²) in [6, 6.07) is 3.61. The van der Waals surface area contributed by atoms with Crippen LogP contribution in [0, 0.1) is 5.92 Å². The number of methoxy groups -OCH3 is 1. The zero-order valence-corrected chi connectivity index (χ0v) is 10.8. The molecule has 1 heterocycles. The molecule has 4 nitrogen and oxygen atoms in total. The second kappa shape index (κ2) is 6.50. The standard InChI is InChI=1S/C14H20N2O2/c1-18-14(17)12-6-7-13(16-9-12)10-15-8-2-3-11-4-5-11/h6-7,9,11,15H,2-5,8,10H2,1H3. The van der Waals surface area contributed by atoms with E-state index < -0.39 is 0 Å². The Kier molecular flexibility index (Phi) is 4.70.